The molecule has 2 aliphatic heterocycles. The molecule has 2 N–H and O–H groups in total. The molecule has 7 nitrogen and oxygen atoms in total. The second-order valence-electron chi connectivity index (χ2n) is 12.5. The Morgan fingerprint density at radius 1 is 1.00 bits per heavy atom. The number of rotatable bonds is 6. The lowest BCUT2D eigenvalue weighted by Gasteiger charge is -2.36. The number of benzene rings is 1. The van der Waals surface area contributed by atoms with Crippen molar-refractivity contribution in [2.24, 2.45) is 11.3 Å². The van der Waals surface area contributed by atoms with E-state index in [0.29, 0.717) is 11.1 Å². The molecule has 37 heavy (non-hydrogen) atoms. The molecular formula is C30H42N6O. The van der Waals surface area contributed by atoms with E-state index in [1.54, 1.807) is 0 Å². The quantitative estimate of drug-likeness (QED) is 0.491. The first kappa shape index (κ1) is 25.9. The normalized spacial score (nSPS) is 18.9. The summed E-state index contributed by atoms with van der Waals surface area (Å²) in [5.74, 6) is 0.735. The Morgan fingerprint density at radius 3 is 2.46 bits per heavy atom. The van der Waals surface area contributed by atoms with Crippen molar-refractivity contribution < 1.29 is 4.79 Å². The van der Waals surface area contributed by atoms with E-state index in [4.69, 9.17) is 0 Å². The molecule has 0 unspecified atom stereocenters. The van der Waals surface area contributed by atoms with Crippen molar-refractivity contribution in [2.75, 3.05) is 32.7 Å². The Balaban J connectivity index is 1.26. The predicted molar refractivity (Wildman–Crippen MR) is 149 cm³/mol. The summed E-state index contributed by atoms with van der Waals surface area (Å²) in [5.41, 5.74) is 5.00. The Labute approximate surface area is 221 Å². The van der Waals surface area contributed by atoms with Gasteiger partial charge in [0.1, 0.15) is 0 Å². The summed E-state index contributed by atoms with van der Waals surface area (Å²) in [7, 11) is 0. The highest BCUT2D eigenvalue weighted by Crippen LogP contribution is 2.27. The van der Waals surface area contributed by atoms with Crippen molar-refractivity contribution in [2.45, 2.75) is 66.0 Å². The van der Waals surface area contributed by atoms with Crippen LogP contribution in [0.5, 0.6) is 0 Å². The number of aromatic amines is 1. The lowest BCUT2D eigenvalue weighted by molar-refractivity contribution is 0.0892. The van der Waals surface area contributed by atoms with Gasteiger partial charge in [-0.1, -0.05) is 33.8 Å². The molecule has 0 radical (unpaired) electrons. The number of carbonyl (C=O) groups excluding carboxylic acids is 1. The zero-order chi connectivity index (χ0) is 26.0. The van der Waals surface area contributed by atoms with Gasteiger partial charge >= 0.3 is 0 Å². The van der Waals surface area contributed by atoms with E-state index in [0.717, 1.165) is 80.1 Å². The van der Waals surface area contributed by atoms with Crippen LogP contribution >= 0.6 is 0 Å². The van der Waals surface area contributed by atoms with Gasteiger partial charge in [0.15, 0.2) is 5.69 Å². The number of piperidine rings is 2. The predicted octanol–water partition coefficient (Wildman–Crippen LogP) is 5.10. The van der Waals surface area contributed by atoms with Gasteiger partial charge in [-0.25, -0.2) is 0 Å². The molecule has 0 saturated carbocycles. The van der Waals surface area contributed by atoms with Gasteiger partial charge in [0.2, 0.25) is 0 Å². The van der Waals surface area contributed by atoms with Crippen LogP contribution in [0.1, 0.15) is 69.4 Å². The largest absolute Gasteiger partial charge is 0.348 e. The highest BCUT2D eigenvalue weighted by Gasteiger charge is 2.25. The van der Waals surface area contributed by atoms with Crippen LogP contribution in [0.2, 0.25) is 0 Å². The van der Waals surface area contributed by atoms with Crippen molar-refractivity contribution in [3.8, 4) is 11.1 Å². The SMILES string of the molecule is CC1CCN(Cc2cncc(-c3ccc4[nH]nc(C(=O)NC5CCN(CC(C)(C)C)CC5)c4c3)c2)CC1. The van der Waals surface area contributed by atoms with Gasteiger partial charge in [-0.2, -0.15) is 5.10 Å². The minimum Gasteiger partial charge on any atom is -0.348 e. The summed E-state index contributed by atoms with van der Waals surface area (Å²) >= 11 is 0. The van der Waals surface area contributed by atoms with Crippen molar-refractivity contribution in [1.82, 2.24) is 30.3 Å². The second-order valence-corrected chi connectivity index (χ2v) is 12.5. The van der Waals surface area contributed by atoms with Gasteiger partial charge in [0.05, 0.1) is 5.52 Å². The van der Waals surface area contributed by atoms with Crippen molar-refractivity contribution in [1.29, 1.82) is 0 Å². The number of hydrogen-bond donors (Lipinski definition) is 2. The van der Waals surface area contributed by atoms with E-state index >= 15 is 0 Å². The van der Waals surface area contributed by atoms with Gasteiger partial charge < -0.3 is 10.2 Å². The minimum atomic E-state index is -0.0936. The summed E-state index contributed by atoms with van der Waals surface area (Å²) in [4.78, 5) is 22.8. The van der Waals surface area contributed by atoms with Gasteiger partial charge in [0, 0.05) is 55.6 Å². The molecule has 1 aromatic carbocycles. The summed E-state index contributed by atoms with van der Waals surface area (Å²) < 4.78 is 0. The molecule has 3 aromatic rings. The number of amides is 1. The second kappa shape index (κ2) is 10.9. The van der Waals surface area contributed by atoms with E-state index in [9.17, 15) is 4.79 Å². The number of pyridine rings is 1. The molecule has 198 valence electrons. The number of nitrogens with zero attached hydrogens (tertiary/aromatic N) is 4. The first-order valence-corrected chi connectivity index (χ1v) is 13.9. The van der Waals surface area contributed by atoms with Gasteiger partial charge in [-0.15, -0.1) is 0 Å². The molecule has 4 heterocycles. The highest BCUT2D eigenvalue weighted by molar-refractivity contribution is 6.05. The smallest absolute Gasteiger partial charge is 0.272 e. The van der Waals surface area contributed by atoms with E-state index in [1.165, 1.54) is 18.4 Å². The lowest BCUT2D eigenvalue weighted by atomic mass is 9.94. The molecule has 2 aliphatic rings. The zero-order valence-electron chi connectivity index (χ0n) is 22.9. The van der Waals surface area contributed by atoms with E-state index in [-0.39, 0.29) is 11.9 Å². The van der Waals surface area contributed by atoms with Gasteiger partial charge in [-0.05, 0) is 79.4 Å². The number of nitrogens with one attached hydrogen (secondary N) is 2. The van der Waals surface area contributed by atoms with Crippen LogP contribution in [0.3, 0.4) is 0 Å². The fourth-order valence-corrected chi connectivity index (χ4v) is 5.74. The summed E-state index contributed by atoms with van der Waals surface area (Å²) in [6.45, 7) is 15.5. The number of carbonyl (C=O) groups is 1. The van der Waals surface area contributed by atoms with Crippen molar-refractivity contribution in [3.63, 3.8) is 0 Å². The van der Waals surface area contributed by atoms with Crippen LogP contribution in [0.25, 0.3) is 22.0 Å². The van der Waals surface area contributed by atoms with Crippen LogP contribution < -0.4 is 5.32 Å². The van der Waals surface area contributed by atoms with Gasteiger partial charge in [-0.3, -0.25) is 19.8 Å². The Morgan fingerprint density at radius 2 is 1.73 bits per heavy atom. The zero-order valence-corrected chi connectivity index (χ0v) is 22.9. The number of likely N-dealkylation sites (tertiary alicyclic amines) is 2. The lowest BCUT2D eigenvalue weighted by Crippen LogP contribution is -2.46. The molecule has 0 bridgehead atoms. The molecule has 0 spiro atoms. The number of hydrogen-bond acceptors (Lipinski definition) is 5. The molecule has 1 amide bonds. The van der Waals surface area contributed by atoms with Crippen LogP contribution in [0.4, 0.5) is 0 Å². The Kier molecular flexibility index (Phi) is 7.63. The standard InChI is InChI=1S/C30H42N6O/c1-21-7-11-35(12-8-21)19-22-15-24(18-31-17-22)23-5-6-27-26(16-23)28(34-33-27)29(37)32-25-9-13-36(14-10-25)20-30(2,3)4/h5-6,15-18,21,25H,7-14,19-20H2,1-4H3,(H,32,37)(H,33,34). The topological polar surface area (TPSA) is 77.1 Å². The molecule has 0 aliphatic carbocycles. The van der Waals surface area contributed by atoms with E-state index in [1.807, 2.05) is 18.5 Å². The number of aromatic nitrogens is 3. The maximum absolute atomic E-state index is 13.2. The maximum Gasteiger partial charge on any atom is 0.272 e. The van der Waals surface area contributed by atoms with E-state index in [2.05, 4.69) is 76.2 Å². The molecule has 2 aromatic heterocycles. The first-order chi connectivity index (χ1) is 17.7. The minimum absolute atomic E-state index is 0.0936. The molecule has 5 rings (SSSR count). The molecular weight excluding hydrogens is 460 g/mol. The monoisotopic (exact) mass is 502 g/mol. The Bertz CT molecular complexity index is 1210. The molecule has 0 atom stereocenters. The number of H-pyrrole nitrogens is 1. The third kappa shape index (κ3) is 6.57. The average Bonchev–Trinajstić information content (AvgIpc) is 3.29. The van der Waals surface area contributed by atoms with Crippen molar-refractivity contribution >= 4 is 16.8 Å². The third-order valence-electron chi connectivity index (χ3n) is 7.81. The van der Waals surface area contributed by atoms with Crippen LogP contribution in [0, 0.1) is 11.3 Å². The van der Waals surface area contributed by atoms with Gasteiger partial charge in [0.25, 0.3) is 5.91 Å². The van der Waals surface area contributed by atoms with Crippen LogP contribution in [-0.4, -0.2) is 69.7 Å². The highest BCUT2D eigenvalue weighted by atomic mass is 16.2. The molecule has 7 heteroatoms. The van der Waals surface area contributed by atoms with E-state index < -0.39 is 0 Å². The fourth-order valence-electron chi connectivity index (χ4n) is 5.74. The first-order valence-electron chi connectivity index (χ1n) is 13.9. The molecule has 2 fully saturated rings. The Hall–Kier alpha value is -2.77. The van der Waals surface area contributed by atoms with Crippen LogP contribution in [0.15, 0.2) is 36.7 Å². The molecule has 2 saturated heterocycles. The fraction of sp³-hybridized carbons (Fsp3) is 0.567. The number of fused-ring (bicyclic) bond motifs is 1. The maximum atomic E-state index is 13.2. The third-order valence-corrected chi connectivity index (χ3v) is 7.81. The summed E-state index contributed by atoms with van der Waals surface area (Å²) in [6.07, 6.45) is 8.38. The summed E-state index contributed by atoms with van der Waals surface area (Å²) in [6, 6.07) is 8.59. The summed E-state index contributed by atoms with van der Waals surface area (Å²) in [5, 5.41) is 11.5. The average molecular weight is 503 g/mol. The van der Waals surface area contributed by atoms with Crippen LogP contribution in [-0.2, 0) is 6.54 Å². The van der Waals surface area contributed by atoms with Crippen molar-refractivity contribution in [3.05, 3.63) is 47.9 Å².